The molecule has 1 aliphatic rings. The van der Waals surface area contributed by atoms with Crippen molar-refractivity contribution >= 4 is 17.2 Å². The van der Waals surface area contributed by atoms with Crippen molar-refractivity contribution in [2.45, 2.75) is 38.6 Å². The molecule has 1 aliphatic carbocycles. The topological polar surface area (TPSA) is 42.2 Å². The van der Waals surface area contributed by atoms with Crippen molar-refractivity contribution in [1.82, 2.24) is 5.32 Å². The Bertz CT molecular complexity index is 594. The maximum Gasteiger partial charge on any atom is 0.231 e. The molecule has 0 aromatic carbocycles. The fourth-order valence-corrected chi connectivity index (χ4v) is 3.45. The minimum Gasteiger partial charge on any atom is -0.466 e. The standard InChI is InChI=1S/C15H17NO2S/c1-10-8-12(11(2)18-10)9-16-14(17)15(5-6-15)13-4-3-7-19-13/h3-4,7-8H,5-6,9H2,1-2H3,(H,16,17). The zero-order valence-corrected chi connectivity index (χ0v) is 12.0. The normalized spacial score (nSPS) is 16.3. The number of hydrogen-bond acceptors (Lipinski definition) is 3. The number of thiophene rings is 1. The number of furan rings is 1. The summed E-state index contributed by atoms with van der Waals surface area (Å²) in [5, 5.41) is 5.09. The van der Waals surface area contributed by atoms with Crippen LogP contribution in [0.3, 0.4) is 0 Å². The second-order valence-electron chi connectivity index (χ2n) is 5.18. The van der Waals surface area contributed by atoms with Crippen LogP contribution < -0.4 is 5.32 Å². The zero-order valence-electron chi connectivity index (χ0n) is 11.2. The van der Waals surface area contributed by atoms with E-state index in [1.807, 2.05) is 31.4 Å². The molecule has 1 fully saturated rings. The average molecular weight is 275 g/mol. The van der Waals surface area contributed by atoms with E-state index < -0.39 is 0 Å². The summed E-state index contributed by atoms with van der Waals surface area (Å²) >= 11 is 1.67. The molecule has 0 bridgehead atoms. The molecule has 1 saturated carbocycles. The fourth-order valence-electron chi connectivity index (χ4n) is 2.46. The summed E-state index contributed by atoms with van der Waals surface area (Å²) in [6.45, 7) is 4.40. The second kappa shape index (κ2) is 4.53. The van der Waals surface area contributed by atoms with Crippen molar-refractivity contribution in [3.05, 3.63) is 45.5 Å². The third kappa shape index (κ3) is 2.21. The van der Waals surface area contributed by atoms with Crippen LogP contribution in [0.5, 0.6) is 0 Å². The Hall–Kier alpha value is -1.55. The highest BCUT2D eigenvalue weighted by atomic mass is 32.1. The Labute approximate surface area is 116 Å². The van der Waals surface area contributed by atoms with Crippen LogP contribution in [0, 0.1) is 13.8 Å². The van der Waals surface area contributed by atoms with E-state index in [1.165, 1.54) is 4.88 Å². The Balaban J connectivity index is 1.68. The first-order chi connectivity index (χ1) is 9.12. The number of amides is 1. The first kappa shape index (κ1) is 12.5. The summed E-state index contributed by atoms with van der Waals surface area (Å²) < 4.78 is 5.47. The van der Waals surface area contributed by atoms with E-state index in [9.17, 15) is 4.79 Å². The quantitative estimate of drug-likeness (QED) is 0.930. The third-order valence-electron chi connectivity index (χ3n) is 3.76. The van der Waals surface area contributed by atoms with Crippen molar-refractivity contribution in [3.63, 3.8) is 0 Å². The van der Waals surface area contributed by atoms with Gasteiger partial charge < -0.3 is 9.73 Å². The van der Waals surface area contributed by atoms with Crippen LogP contribution in [0.25, 0.3) is 0 Å². The van der Waals surface area contributed by atoms with Crippen molar-refractivity contribution in [1.29, 1.82) is 0 Å². The largest absolute Gasteiger partial charge is 0.466 e. The van der Waals surface area contributed by atoms with Crippen molar-refractivity contribution in [2.24, 2.45) is 0 Å². The van der Waals surface area contributed by atoms with Gasteiger partial charge in [-0.3, -0.25) is 4.79 Å². The van der Waals surface area contributed by atoms with Gasteiger partial charge in [0.2, 0.25) is 5.91 Å². The second-order valence-corrected chi connectivity index (χ2v) is 6.13. The highest BCUT2D eigenvalue weighted by Gasteiger charge is 2.51. The molecule has 0 radical (unpaired) electrons. The van der Waals surface area contributed by atoms with Crippen molar-refractivity contribution < 1.29 is 9.21 Å². The van der Waals surface area contributed by atoms with Crippen LogP contribution >= 0.6 is 11.3 Å². The van der Waals surface area contributed by atoms with Gasteiger partial charge in [0.15, 0.2) is 0 Å². The number of carbonyl (C=O) groups excluding carboxylic acids is 1. The van der Waals surface area contributed by atoms with Crippen LogP contribution in [0.15, 0.2) is 28.0 Å². The molecule has 100 valence electrons. The van der Waals surface area contributed by atoms with E-state index >= 15 is 0 Å². The van der Waals surface area contributed by atoms with Gasteiger partial charge in [-0.25, -0.2) is 0 Å². The summed E-state index contributed by atoms with van der Waals surface area (Å²) in [5.74, 6) is 1.92. The maximum absolute atomic E-state index is 12.4. The Kier molecular flexibility index (Phi) is 2.97. The van der Waals surface area contributed by atoms with Gasteiger partial charge in [0.25, 0.3) is 0 Å². The van der Waals surface area contributed by atoms with E-state index in [2.05, 4.69) is 11.4 Å². The minimum absolute atomic E-state index is 0.146. The van der Waals surface area contributed by atoms with Crippen molar-refractivity contribution in [3.8, 4) is 0 Å². The lowest BCUT2D eigenvalue weighted by Gasteiger charge is -2.13. The molecular formula is C15H17NO2S. The van der Waals surface area contributed by atoms with Gasteiger partial charge in [0.05, 0.1) is 5.41 Å². The lowest BCUT2D eigenvalue weighted by Crippen LogP contribution is -2.33. The number of rotatable bonds is 4. The molecule has 0 spiro atoms. The molecule has 2 aromatic heterocycles. The van der Waals surface area contributed by atoms with Gasteiger partial charge >= 0.3 is 0 Å². The third-order valence-corrected chi connectivity index (χ3v) is 4.83. The minimum atomic E-state index is -0.249. The molecular weight excluding hydrogens is 258 g/mol. The summed E-state index contributed by atoms with van der Waals surface area (Å²) in [5.41, 5.74) is 0.814. The van der Waals surface area contributed by atoms with Gasteiger partial charge in [-0.05, 0) is 44.2 Å². The van der Waals surface area contributed by atoms with Gasteiger partial charge in [-0.2, -0.15) is 0 Å². The van der Waals surface area contributed by atoms with E-state index in [4.69, 9.17) is 4.42 Å². The first-order valence-electron chi connectivity index (χ1n) is 6.50. The molecule has 0 atom stereocenters. The smallest absolute Gasteiger partial charge is 0.231 e. The number of hydrogen-bond donors (Lipinski definition) is 1. The van der Waals surface area contributed by atoms with E-state index in [0.29, 0.717) is 6.54 Å². The average Bonchev–Trinajstić information content (AvgIpc) is 2.87. The number of nitrogens with one attached hydrogen (secondary N) is 1. The van der Waals surface area contributed by atoms with Crippen molar-refractivity contribution in [2.75, 3.05) is 0 Å². The summed E-state index contributed by atoms with van der Waals surface area (Å²) in [4.78, 5) is 13.6. The molecule has 1 N–H and O–H groups in total. The molecule has 2 aromatic rings. The summed E-state index contributed by atoms with van der Waals surface area (Å²) in [6.07, 6.45) is 1.92. The number of aryl methyl sites for hydroxylation is 2. The molecule has 0 unspecified atom stereocenters. The van der Waals surface area contributed by atoms with Gasteiger partial charge in [-0.1, -0.05) is 6.07 Å². The Morgan fingerprint density at radius 1 is 1.47 bits per heavy atom. The molecule has 0 aliphatic heterocycles. The zero-order chi connectivity index (χ0) is 13.5. The van der Waals surface area contributed by atoms with Gasteiger partial charge in [0.1, 0.15) is 11.5 Å². The van der Waals surface area contributed by atoms with Gasteiger partial charge in [0, 0.05) is 17.0 Å². The molecule has 4 heteroatoms. The molecule has 2 heterocycles. The maximum atomic E-state index is 12.4. The molecule has 3 rings (SSSR count). The molecule has 3 nitrogen and oxygen atoms in total. The Morgan fingerprint density at radius 2 is 2.26 bits per heavy atom. The Morgan fingerprint density at radius 3 is 2.79 bits per heavy atom. The fraction of sp³-hybridized carbons (Fsp3) is 0.400. The van der Waals surface area contributed by atoms with Crippen LogP contribution in [-0.4, -0.2) is 5.91 Å². The highest BCUT2D eigenvalue weighted by Crippen LogP contribution is 2.50. The SMILES string of the molecule is Cc1cc(CNC(=O)C2(c3cccs3)CC2)c(C)o1. The molecule has 0 saturated heterocycles. The van der Waals surface area contributed by atoms with E-state index in [1.54, 1.807) is 11.3 Å². The highest BCUT2D eigenvalue weighted by molar-refractivity contribution is 7.10. The first-order valence-corrected chi connectivity index (χ1v) is 7.38. The van der Waals surface area contributed by atoms with E-state index in [-0.39, 0.29) is 11.3 Å². The molecule has 1 amide bonds. The lowest BCUT2D eigenvalue weighted by molar-refractivity contribution is -0.123. The van der Waals surface area contributed by atoms with Crippen LogP contribution in [0.4, 0.5) is 0 Å². The monoisotopic (exact) mass is 275 g/mol. The van der Waals surface area contributed by atoms with Gasteiger partial charge in [-0.15, -0.1) is 11.3 Å². The number of carbonyl (C=O) groups is 1. The summed E-state index contributed by atoms with van der Waals surface area (Å²) in [6, 6.07) is 6.06. The van der Waals surface area contributed by atoms with E-state index in [0.717, 1.165) is 29.9 Å². The predicted octanol–water partition coefficient (Wildman–Crippen LogP) is 3.31. The van der Waals surface area contributed by atoms with Crippen LogP contribution in [0.2, 0.25) is 0 Å². The molecule has 19 heavy (non-hydrogen) atoms. The van der Waals surface area contributed by atoms with Crippen LogP contribution in [-0.2, 0) is 16.8 Å². The summed E-state index contributed by atoms with van der Waals surface area (Å²) in [7, 11) is 0. The lowest BCUT2D eigenvalue weighted by atomic mass is 10.0. The van der Waals surface area contributed by atoms with Crippen LogP contribution in [0.1, 0.15) is 34.8 Å². The predicted molar refractivity (Wildman–Crippen MR) is 75.3 cm³/mol.